The lowest BCUT2D eigenvalue weighted by molar-refractivity contribution is -0.134. The molecule has 0 unspecified atom stereocenters. The average molecular weight is 211 g/mol. The van der Waals surface area contributed by atoms with Crippen molar-refractivity contribution in [2.45, 2.75) is 12.8 Å². The van der Waals surface area contributed by atoms with E-state index in [4.69, 9.17) is 16.3 Å². The van der Waals surface area contributed by atoms with Gasteiger partial charge in [-0.05, 0) is 30.7 Å². The molecule has 0 amide bonds. The minimum absolute atomic E-state index is 0.257. The van der Waals surface area contributed by atoms with Gasteiger partial charge < -0.3 is 4.74 Å². The van der Waals surface area contributed by atoms with Crippen LogP contribution in [0.5, 0.6) is 5.75 Å². The fraction of sp³-hybridized carbons (Fsp3) is 0.182. The minimum Gasteiger partial charge on any atom is -0.427 e. The third kappa shape index (κ3) is 3.62. The quantitative estimate of drug-likeness (QED) is 0.433. The van der Waals surface area contributed by atoms with Crippen LogP contribution < -0.4 is 4.74 Å². The summed E-state index contributed by atoms with van der Waals surface area (Å²) in [6, 6.07) is 6.68. The van der Waals surface area contributed by atoms with Crippen LogP contribution in [0.1, 0.15) is 12.8 Å². The fourth-order valence-corrected chi connectivity index (χ4v) is 1.03. The molecule has 2 nitrogen and oxygen atoms in total. The Kier molecular flexibility index (Phi) is 4.20. The van der Waals surface area contributed by atoms with E-state index in [1.54, 1.807) is 30.3 Å². The zero-order valence-electron chi connectivity index (χ0n) is 7.70. The molecule has 0 aromatic heterocycles. The van der Waals surface area contributed by atoms with Gasteiger partial charge in [0.2, 0.25) is 0 Å². The van der Waals surface area contributed by atoms with Crippen LogP contribution >= 0.6 is 11.6 Å². The number of esters is 1. The second-order valence-corrected chi connectivity index (χ2v) is 3.19. The van der Waals surface area contributed by atoms with Crippen molar-refractivity contribution in [3.63, 3.8) is 0 Å². The lowest BCUT2D eigenvalue weighted by Crippen LogP contribution is -2.06. The number of allylic oxidation sites excluding steroid dienone is 1. The number of halogens is 1. The van der Waals surface area contributed by atoms with Gasteiger partial charge in [-0.3, -0.25) is 4.79 Å². The Bertz CT molecular complexity index is 317. The molecule has 0 aliphatic carbocycles. The topological polar surface area (TPSA) is 26.3 Å². The van der Waals surface area contributed by atoms with Gasteiger partial charge >= 0.3 is 5.97 Å². The highest BCUT2D eigenvalue weighted by atomic mass is 35.5. The van der Waals surface area contributed by atoms with Crippen LogP contribution in [-0.2, 0) is 4.79 Å². The number of hydrogen-bond donors (Lipinski definition) is 0. The summed E-state index contributed by atoms with van der Waals surface area (Å²) in [4.78, 5) is 11.2. The molecule has 1 rings (SSSR count). The molecule has 3 heteroatoms. The van der Waals surface area contributed by atoms with E-state index >= 15 is 0 Å². The smallest absolute Gasteiger partial charge is 0.311 e. The number of benzene rings is 1. The first-order chi connectivity index (χ1) is 6.72. The van der Waals surface area contributed by atoms with Crippen LogP contribution in [0.3, 0.4) is 0 Å². The van der Waals surface area contributed by atoms with Gasteiger partial charge in [0.1, 0.15) is 5.75 Å². The average Bonchev–Trinajstić information content (AvgIpc) is 2.18. The third-order valence-corrected chi connectivity index (χ3v) is 1.85. The molecule has 0 atom stereocenters. The van der Waals surface area contributed by atoms with Gasteiger partial charge in [0, 0.05) is 11.4 Å². The van der Waals surface area contributed by atoms with Gasteiger partial charge in [-0.1, -0.05) is 17.7 Å². The predicted molar refractivity (Wildman–Crippen MR) is 56.5 cm³/mol. The molecule has 74 valence electrons. The largest absolute Gasteiger partial charge is 0.427 e. The maximum absolute atomic E-state index is 11.2. The van der Waals surface area contributed by atoms with Crippen LogP contribution in [0.25, 0.3) is 0 Å². The summed E-state index contributed by atoms with van der Waals surface area (Å²) in [5, 5.41) is 0.621. The first kappa shape index (κ1) is 10.8. The summed E-state index contributed by atoms with van der Waals surface area (Å²) >= 11 is 5.68. The maximum atomic E-state index is 11.2. The molecule has 0 spiro atoms. The van der Waals surface area contributed by atoms with Crippen LogP contribution in [0, 0.1) is 0 Å². The summed E-state index contributed by atoms with van der Waals surface area (Å²) in [6.45, 7) is 3.53. The van der Waals surface area contributed by atoms with E-state index in [0.717, 1.165) is 0 Å². The Hall–Kier alpha value is -1.28. The molecule has 0 fully saturated rings. The van der Waals surface area contributed by atoms with Gasteiger partial charge in [-0.15, -0.1) is 6.58 Å². The maximum Gasteiger partial charge on any atom is 0.311 e. The lowest BCUT2D eigenvalue weighted by Gasteiger charge is -2.02. The first-order valence-electron chi connectivity index (χ1n) is 4.29. The number of ether oxygens (including phenoxy) is 1. The van der Waals surface area contributed by atoms with E-state index in [0.29, 0.717) is 23.6 Å². The minimum atomic E-state index is -0.257. The molecule has 1 aromatic rings. The van der Waals surface area contributed by atoms with E-state index < -0.39 is 0 Å². The van der Waals surface area contributed by atoms with Crippen LogP contribution in [0.4, 0.5) is 0 Å². The normalized spacial score (nSPS) is 9.50. The Morgan fingerprint density at radius 2 is 2.07 bits per heavy atom. The zero-order valence-corrected chi connectivity index (χ0v) is 8.46. The monoisotopic (exact) mass is 210 g/mol. The molecule has 0 saturated carbocycles. The van der Waals surface area contributed by atoms with E-state index in [1.807, 2.05) is 0 Å². The summed E-state index contributed by atoms with van der Waals surface area (Å²) in [6.07, 6.45) is 2.67. The van der Waals surface area contributed by atoms with Crippen molar-refractivity contribution in [2.75, 3.05) is 0 Å². The Balaban J connectivity index is 2.47. The molecule has 0 radical (unpaired) electrons. The first-order valence-corrected chi connectivity index (χ1v) is 4.67. The highest BCUT2D eigenvalue weighted by Gasteiger charge is 2.02. The van der Waals surface area contributed by atoms with Crippen LogP contribution in [0.15, 0.2) is 36.9 Å². The molecule has 0 heterocycles. The van der Waals surface area contributed by atoms with Gasteiger partial charge in [0.25, 0.3) is 0 Å². The number of carbonyl (C=O) groups excluding carboxylic acids is 1. The molecule has 0 aliphatic heterocycles. The second-order valence-electron chi connectivity index (χ2n) is 2.76. The zero-order chi connectivity index (χ0) is 10.4. The van der Waals surface area contributed by atoms with Crippen molar-refractivity contribution in [3.8, 4) is 5.75 Å². The molecule has 0 saturated heterocycles. The van der Waals surface area contributed by atoms with E-state index in [-0.39, 0.29) is 5.97 Å². The van der Waals surface area contributed by atoms with E-state index in [2.05, 4.69) is 6.58 Å². The van der Waals surface area contributed by atoms with Crippen LogP contribution in [-0.4, -0.2) is 5.97 Å². The highest BCUT2D eigenvalue weighted by molar-refractivity contribution is 6.30. The van der Waals surface area contributed by atoms with E-state index in [1.165, 1.54) is 0 Å². The van der Waals surface area contributed by atoms with Crippen molar-refractivity contribution in [1.82, 2.24) is 0 Å². The standard InChI is InChI=1S/C11H11ClO2/c1-2-3-4-11(13)14-10-7-5-9(12)6-8-10/h2,5-8H,1,3-4H2. The van der Waals surface area contributed by atoms with E-state index in [9.17, 15) is 4.79 Å². The number of carbonyl (C=O) groups is 1. The van der Waals surface area contributed by atoms with Gasteiger partial charge in [0.15, 0.2) is 0 Å². The summed E-state index contributed by atoms with van der Waals surface area (Å²) in [5.41, 5.74) is 0. The Morgan fingerprint density at radius 1 is 1.43 bits per heavy atom. The SMILES string of the molecule is C=CCCC(=O)Oc1ccc(Cl)cc1. The van der Waals surface area contributed by atoms with Crippen LogP contribution in [0.2, 0.25) is 5.02 Å². The number of rotatable bonds is 4. The van der Waals surface area contributed by atoms with Crippen molar-refractivity contribution in [3.05, 3.63) is 41.9 Å². The highest BCUT2D eigenvalue weighted by Crippen LogP contribution is 2.16. The summed E-state index contributed by atoms with van der Waals surface area (Å²) in [7, 11) is 0. The molecule has 0 aliphatic rings. The molecular formula is C11H11ClO2. The Labute approximate surface area is 88.1 Å². The summed E-state index contributed by atoms with van der Waals surface area (Å²) in [5.74, 6) is 0.260. The molecule has 14 heavy (non-hydrogen) atoms. The molecular weight excluding hydrogens is 200 g/mol. The molecule has 0 bridgehead atoms. The molecule has 1 aromatic carbocycles. The van der Waals surface area contributed by atoms with Gasteiger partial charge in [-0.25, -0.2) is 0 Å². The lowest BCUT2D eigenvalue weighted by atomic mass is 10.3. The van der Waals surface area contributed by atoms with Gasteiger partial charge in [0.05, 0.1) is 0 Å². The van der Waals surface area contributed by atoms with Crippen molar-refractivity contribution < 1.29 is 9.53 Å². The Morgan fingerprint density at radius 3 is 2.64 bits per heavy atom. The third-order valence-electron chi connectivity index (χ3n) is 1.60. The van der Waals surface area contributed by atoms with Crippen molar-refractivity contribution >= 4 is 17.6 Å². The molecule has 0 N–H and O–H groups in total. The van der Waals surface area contributed by atoms with Crippen molar-refractivity contribution in [1.29, 1.82) is 0 Å². The second kappa shape index (κ2) is 5.45. The number of hydrogen-bond acceptors (Lipinski definition) is 2. The predicted octanol–water partition coefficient (Wildman–Crippen LogP) is 3.21. The summed E-state index contributed by atoms with van der Waals surface area (Å²) < 4.78 is 5.03. The fourth-order valence-electron chi connectivity index (χ4n) is 0.905. The van der Waals surface area contributed by atoms with Gasteiger partial charge in [-0.2, -0.15) is 0 Å². The van der Waals surface area contributed by atoms with Crippen molar-refractivity contribution in [2.24, 2.45) is 0 Å².